The highest BCUT2D eigenvalue weighted by atomic mass is 16.5. The molecule has 0 radical (unpaired) electrons. The highest BCUT2D eigenvalue weighted by Crippen LogP contribution is 2.33. The van der Waals surface area contributed by atoms with Gasteiger partial charge in [0, 0.05) is 12.6 Å². The van der Waals surface area contributed by atoms with E-state index in [1.54, 1.807) is 7.11 Å². The molecule has 0 aromatic heterocycles. The van der Waals surface area contributed by atoms with E-state index in [1.165, 1.54) is 0 Å². The number of ether oxygens (including phenoxy) is 2. The van der Waals surface area contributed by atoms with Crippen molar-refractivity contribution in [2.24, 2.45) is 0 Å². The Kier molecular flexibility index (Phi) is 5.95. The Morgan fingerprint density at radius 1 is 1.28 bits per heavy atom. The van der Waals surface area contributed by atoms with Gasteiger partial charge in [-0.3, -0.25) is 0 Å². The fourth-order valence-electron chi connectivity index (χ4n) is 1.74. The van der Waals surface area contributed by atoms with Crippen molar-refractivity contribution in [3.05, 3.63) is 23.8 Å². The van der Waals surface area contributed by atoms with Crippen molar-refractivity contribution in [2.75, 3.05) is 41.4 Å². The molecule has 0 spiro atoms. The van der Waals surface area contributed by atoms with Gasteiger partial charge in [-0.2, -0.15) is 0 Å². The van der Waals surface area contributed by atoms with Crippen LogP contribution in [-0.4, -0.2) is 46.3 Å². The number of nitrogens with one attached hydrogen (secondary N) is 1. The molecule has 0 heterocycles. The third kappa shape index (κ3) is 3.89. The molecule has 0 aliphatic heterocycles. The molecule has 0 saturated heterocycles. The van der Waals surface area contributed by atoms with E-state index >= 15 is 0 Å². The summed E-state index contributed by atoms with van der Waals surface area (Å²) < 4.78 is 11.3. The molecule has 1 N–H and O–H groups in total. The number of methoxy groups -OCH3 is 1. The van der Waals surface area contributed by atoms with Crippen molar-refractivity contribution in [1.29, 1.82) is 0 Å². The lowest BCUT2D eigenvalue weighted by Gasteiger charge is -2.20. The molecular formula is C14H24N2O2. The Morgan fingerprint density at radius 2 is 1.94 bits per heavy atom. The minimum Gasteiger partial charge on any atom is -0.496 e. The van der Waals surface area contributed by atoms with Crippen LogP contribution in [0.15, 0.2) is 18.2 Å². The number of likely N-dealkylation sites (N-methyl/N-ethyl adjacent to an activating group) is 1. The first kappa shape index (κ1) is 14.8. The molecule has 102 valence electrons. The molecule has 1 aromatic carbocycles. The number of benzene rings is 1. The molecule has 4 nitrogen and oxygen atoms in total. The molecule has 1 unspecified atom stereocenters. The fourth-order valence-corrected chi connectivity index (χ4v) is 1.74. The Bertz CT molecular complexity index is 367. The Morgan fingerprint density at radius 3 is 2.50 bits per heavy atom. The van der Waals surface area contributed by atoms with E-state index < -0.39 is 0 Å². The zero-order chi connectivity index (χ0) is 13.5. The van der Waals surface area contributed by atoms with Gasteiger partial charge in [0.25, 0.3) is 0 Å². The van der Waals surface area contributed by atoms with Gasteiger partial charge in [0.05, 0.1) is 12.7 Å². The van der Waals surface area contributed by atoms with Gasteiger partial charge in [0.1, 0.15) is 18.1 Å². The van der Waals surface area contributed by atoms with Crippen molar-refractivity contribution in [3.63, 3.8) is 0 Å². The predicted molar refractivity (Wildman–Crippen MR) is 74.5 cm³/mol. The standard InChI is InChI=1S/C14H24N2O2/c1-11(15-2)14-12(17-5)7-6-8-13(14)18-10-9-16(3)4/h6-8,11,15H,9-10H2,1-5H3. The monoisotopic (exact) mass is 252 g/mol. The van der Waals surface area contributed by atoms with Crippen LogP contribution in [0.4, 0.5) is 0 Å². The molecule has 1 atom stereocenters. The second-order valence-corrected chi connectivity index (χ2v) is 4.53. The van der Waals surface area contributed by atoms with E-state index in [4.69, 9.17) is 9.47 Å². The quantitative estimate of drug-likeness (QED) is 0.804. The molecule has 0 aliphatic rings. The van der Waals surface area contributed by atoms with E-state index in [9.17, 15) is 0 Å². The predicted octanol–water partition coefficient (Wildman–Crippen LogP) is 1.92. The van der Waals surface area contributed by atoms with Crippen LogP contribution >= 0.6 is 0 Å². The summed E-state index contributed by atoms with van der Waals surface area (Å²) in [6.07, 6.45) is 0. The van der Waals surface area contributed by atoms with Crippen LogP contribution in [0.3, 0.4) is 0 Å². The van der Waals surface area contributed by atoms with Gasteiger partial charge in [-0.05, 0) is 40.2 Å². The molecule has 0 saturated carbocycles. The van der Waals surface area contributed by atoms with Crippen LogP contribution in [-0.2, 0) is 0 Å². The van der Waals surface area contributed by atoms with Gasteiger partial charge >= 0.3 is 0 Å². The van der Waals surface area contributed by atoms with E-state index in [0.29, 0.717) is 6.61 Å². The Hall–Kier alpha value is -1.26. The molecule has 0 fully saturated rings. The first-order chi connectivity index (χ1) is 8.60. The lowest BCUT2D eigenvalue weighted by atomic mass is 10.1. The minimum atomic E-state index is 0.190. The van der Waals surface area contributed by atoms with E-state index in [1.807, 2.05) is 39.3 Å². The van der Waals surface area contributed by atoms with Crippen LogP contribution in [0.2, 0.25) is 0 Å². The van der Waals surface area contributed by atoms with Gasteiger partial charge in [-0.25, -0.2) is 0 Å². The summed E-state index contributed by atoms with van der Waals surface area (Å²) in [5, 5.41) is 3.23. The normalized spacial score (nSPS) is 12.6. The molecule has 18 heavy (non-hydrogen) atoms. The maximum atomic E-state index is 5.85. The SMILES string of the molecule is CNC(C)c1c(OC)cccc1OCCN(C)C. The van der Waals surface area contributed by atoms with E-state index in [-0.39, 0.29) is 6.04 Å². The first-order valence-corrected chi connectivity index (χ1v) is 6.21. The van der Waals surface area contributed by atoms with Crippen LogP contribution in [0.1, 0.15) is 18.5 Å². The second-order valence-electron chi connectivity index (χ2n) is 4.53. The van der Waals surface area contributed by atoms with Gasteiger partial charge in [0.2, 0.25) is 0 Å². The molecule has 0 amide bonds. The maximum Gasteiger partial charge on any atom is 0.127 e. The lowest BCUT2D eigenvalue weighted by molar-refractivity contribution is 0.256. The molecule has 0 bridgehead atoms. The zero-order valence-corrected chi connectivity index (χ0v) is 12.0. The Labute approximate surface area is 110 Å². The minimum absolute atomic E-state index is 0.190. The summed E-state index contributed by atoms with van der Waals surface area (Å²) in [7, 11) is 7.68. The van der Waals surface area contributed by atoms with Crippen LogP contribution in [0.25, 0.3) is 0 Å². The van der Waals surface area contributed by atoms with Gasteiger partial charge in [-0.15, -0.1) is 0 Å². The zero-order valence-electron chi connectivity index (χ0n) is 12.0. The topological polar surface area (TPSA) is 33.7 Å². The van der Waals surface area contributed by atoms with E-state index in [0.717, 1.165) is 23.6 Å². The lowest BCUT2D eigenvalue weighted by Crippen LogP contribution is -2.21. The smallest absolute Gasteiger partial charge is 0.127 e. The molecule has 0 aliphatic carbocycles. The largest absolute Gasteiger partial charge is 0.496 e. The average Bonchev–Trinajstić information content (AvgIpc) is 2.37. The summed E-state index contributed by atoms with van der Waals surface area (Å²) in [6, 6.07) is 6.09. The second kappa shape index (κ2) is 7.24. The number of hydrogen-bond donors (Lipinski definition) is 1. The molecule has 1 rings (SSSR count). The van der Waals surface area contributed by atoms with Crippen molar-refractivity contribution in [1.82, 2.24) is 10.2 Å². The maximum absolute atomic E-state index is 5.85. The highest BCUT2D eigenvalue weighted by Gasteiger charge is 2.15. The van der Waals surface area contributed by atoms with Crippen LogP contribution in [0, 0.1) is 0 Å². The van der Waals surface area contributed by atoms with Crippen LogP contribution in [0.5, 0.6) is 11.5 Å². The average molecular weight is 252 g/mol. The molecule has 4 heteroatoms. The number of rotatable bonds is 7. The van der Waals surface area contributed by atoms with Crippen molar-refractivity contribution in [3.8, 4) is 11.5 Å². The number of nitrogens with zero attached hydrogens (tertiary/aromatic N) is 1. The summed E-state index contributed by atoms with van der Waals surface area (Å²) in [6.45, 7) is 3.66. The summed E-state index contributed by atoms with van der Waals surface area (Å²) >= 11 is 0. The van der Waals surface area contributed by atoms with Crippen molar-refractivity contribution >= 4 is 0 Å². The third-order valence-electron chi connectivity index (χ3n) is 2.91. The first-order valence-electron chi connectivity index (χ1n) is 6.21. The van der Waals surface area contributed by atoms with Gasteiger partial charge in [0.15, 0.2) is 0 Å². The summed E-state index contributed by atoms with van der Waals surface area (Å²) in [5.74, 6) is 1.75. The third-order valence-corrected chi connectivity index (χ3v) is 2.91. The highest BCUT2D eigenvalue weighted by molar-refractivity contribution is 5.46. The summed E-state index contributed by atoms with van der Waals surface area (Å²) in [4.78, 5) is 2.10. The van der Waals surface area contributed by atoms with Gasteiger partial charge in [-0.1, -0.05) is 6.07 Å². The van der Waals surface area contributed by atoms with Crippen LogP contribution < -0.4 is 14.8 Å². The number of hydrogen-bond acceptors (Lipinski definition) is 4. The molecule has 1 aromatic rings. The van der Waals surface area contributed by atoms with Crippen molar-refractivity contribution in [2.45, 2.75) is 13.0 Å². The fraction of sp³-hybridized carbons (Fsp3) is 0.571. The van der Waals surface area contributed by atoms with E-state index in [2.05, 4.69) is 17.1 Å². The molecular weight excluding hydrogens is 228 g/mol. The summed E-state index contributed by atoms with van der Waals surface area (Å²) in [5.41, 5.74) is 1.07. The van der Waals surface area contributed by atoms with Crippen molar-refractivity contribution < 1.29 is 9.47 Å². The van der Waals surface area contributed by atoms with Gasteiger partial charge < -0.3 is 19.7 Å². The Balaban J connectivity index is 2.88.